The molecule has 0 aliphatic carbocycles. The van der Waals surface area contributed by atoms with Crippen LogP contribution in [0.4, 0.5) is 0 Å². The molecule has 1 aromatic heterocycles. The van der Waals surface area contributed by atoms with Crippen LogP contribution < -0.4 is 0 Å². The lowest BCUT2D eigenvalue weighted by molar-refractivity contribution is 0.111. The van der Waals surface area contributed by atoms with E-state index in [0.717, 1.165) is 42.9 Å². The van der Waals surface area contributed by atoms with E-state index in [0.29, 0.717) is 0 Å². The molecule has 2 rings (SSSR count). The maximum atomic E-state index is 10.8. The molecular formula is C9H13N3O. The van der Waals surface area contributed by atoms with Crippen molar-refractivity contribution in [2.45, 2.75) is 26.6 Å². The van der Waals surface area contributed by atoms with Gasteiger partial charge in [0.15, 0.2) is 6.29 Å². The number of aryl methyl sites for hydroxylation is 1. The van der Waals surface area contributed by atoms with Crippen LogP contribution in [0.2, 0.25) is 0 Å². The summed E-state index contributed by atoms with van der Waals surface area (Å²) in [6.07, 6.45) is 0.911. The molecule has 0 N–H and O–H groups in total. The van der Waals surface area contributed by atoms with Gasteiger partial charge < -0.3 is 0 Å². The molecule has 70 valence electrons. The molecule has 1 aliphatic rings. The second-order valence-corrected chi connectivity index (χ2v) is 3.42. The highest BCUT2D eigenvalue weighted by molar-refractivity contribution is 5.75. The summed E-state index contributed by atoms with van der Waals surface area (Å²) >= 11 is 0. The van der Waals surface area contributed by atoms with Crippen LogP contribution >= 0.6 is 0 Å². The maximum absolute atomic E-state index is 10.8. The molecule has 0 bridgehead atoms. The number of fused-ring (bicyclic) bond motifs is 1. The summed E-state index contributed by atoms with van der Waals surface area (Å²) in [4.78, 5) is 13.0. The Kier molecular flexibility index (Phi) is 1.92. The van der Waals surface area contributed by atoms with Gasteiger partial charge in [-0.3, -0.25) is 14.4 Å². The molecule has 0 spiro atoms. The Morgan fingerprint density at radius 3 is 2.92 bits per heavy atom. The molecule has 2 heterocycles. The van der Waals surface area contributed by atoms with E-state index in [1.807, 2.05) is 14.0 Å². The van der Waals surface area contributed by atoms with Crippen LogP contribution in [0, 0.1) is 0 Å². The zero-order chi connectivity index (χ0) is 9.42. The van der Waals surface area contributed by atoms with Crippen molar-refractivity contribution < 1.29 is 4.79 Å². The fourth-order valence-corrected chi connectivity index (χ4v) is 1.82. The minimum absolute atomic E-state index is 0.752. The van der Waals surface area contributed by atoms with E-state index >= 15 is 0 Å². The Bertz CT molecular complexity index is 343. The molecular weight excluding hydrogens is 166 g/mol. The third-order valence-corrected chi connectivity index (χ3v) is 2.44. The Morgan fingerprint density at radius 2 is 2.31 bits per heavy atom. The van der Waals surface area contributed by atoms with Gasteiger partial charge in [0, 0.05) is 25.2 Å². The summed E-state index contributed by atoms with van der Waals surface area (Å²) in [7, 11) is 2.03. The fourth-order valence-electron chi connectivity index (χ4n) is 1.82. The van der Waals surface area contributed by atoms with Crippen molar-refractivity contribution >= 4 is 6.29 Å². The SMILES string of the molecule is CCn1nc2c(c1C=O)CN(C)C2. The molecule has 1 aromatic rings. The molecule has 0 amide bonds. The third-order valence-electron chi connectivity index (χ3n) is 2.44. The van der Waals surface area contributed by atoms with Gasteiger partial charge in [-0.15, -0.1) is 0 Å². The third kappa shape index (κ3) is 1.18. The second kappa shape index (κ2) is 2.96. The van der Waals surface area contributed by atoms with Gasteiger partial charge >= 0.3 is 0 Å². The first-order valence-electron chi connectivity index (χ1n) is 4.48. The predicted octanol–water partition coefficient (Wildman–Crippen LogP) is 0.661. The van der Waals surface area contributed by atoms with Crippen molar-refractivity contribution in [2.24, 2.45) is 0 Å². The molecule has 0 saturated heterocycles. The van der Waals surface area contributed by atoms with Crippen LogP contribution in [0.25, 0.3) is 0 Å². The van der Waals surface area contributed by atoms with Crippen LogP contribution in [0.5, 0.6) is 0 Å². The Hall–Kier alpha value is -1.16. The molecule has 4 nitrogen and oxygen atoms in total. The molecule has 0 fully saturated rings. The number of aromatic nitrogens is 2. The summed E-state index contributed by atoms with van der Waals surface area (Å²) in [6.45, 7) is 4.48. The number of hydrogen-bond acceptors (Lipinski definition) is 3. The van der Waals surface area contributed by atoms with Crippen molar-refractivity contribution in [3.63, 3.8) is 0 Å². The molecule has 4 heteroatoms. The molecule has 1 aliphatic heterocycles. The van der Waals surface area contributed by atoms with E-state index in [2.05, 4.69) is 10.00 Å². The highest BCUT2D eigenvalue weighted by Crippen LogP contribution is 2.22. The van der Waals surface area contributed by atoms with Crippen molar-refractivity contribution in [2.75, 3.05) is 7.05 Å². The average molecular weight is 179 g/mol. The summed E-state index contributed by atoms with van der Waals surface area (Å²) < 4.78 is 1.78. The highest BCUT2D eigenvalue weighted by Gasteiger charge is 2.24. The zero-order valence-corrected chi connectivity index (χ0v) is 7.95. The first-order valence-corrected chi connectivity index (χ1v) is 4.48. The van der Waals surface area contributed by atoms with Gasteiger partial charge in [0.05, 0.1) is 5.69 Å². The van der Waals surface area contributed by atoms with Crippen molar-refractivity contribution in [1.29, 1.82) is 0 Å². The Balaban J connectivity index is 2.47. The Morgan fingerprint density at radius 1 is 1.54 bits per heavy atom. The standard InChI is InChI=1S/C9H13N3O/c1-3-12-9(6-13)7-4-11(2)5-8(7)10-12/h6H,3-5H2,1-2H3. The topological polar surface area (TPSA) is 38.1 Å². The van der Waals surface area contributed by atoms with Crippen molar-refractivity contribution in [1.82, 2.24) is 14.7 Å². The molecule has 0 unspecified atom stereocenters. The lowest BCUT2D eigenvalue weighted by Gasteiger charge is -2.06. The van der Waals surface area contributed by atoms with Crippen LogP contribution in [-0.4, -0.2) is 28.0 Å². The first-order chi connectivity index (χ1) is 6.26. The summed E-state index contributed by atoms with van der Waals surface area (Å²) in [5.74, 6) is 0. The van der Waals surface area contributed by atoms with Gasteiger partial charge in [-0.25, -0.2) is 0 Å². The molecule has 13 heavy (non-hydrogen) atoms. The smallest absolute Gasteiger partial charge is 0.168 e. The van der Waals surface area contributed by atoms with Gasteiger partial charge in [-0.2, -0.15) is 5.10 Å². The normalized spacial score (nSPS) is 16.2. The molecule has 0 saturated carbocycles. The van der Waals surface area contributed by atoms with Crippen LogP contribution in [0.1, 0.15) is 28.7 Å². The predicted molar refractivity (Wildman–Crippen MR) is 48.5 cm³/mol. The summed E-state index contributed by atoms with van der Waals surface area (Å²) in [6, 6.07) is 0. The van der Waals surface area contributed by atoms with Gasteiger partial charge in [0.1, 0.15) is 5.69 Å². The zero-order valence-electron chi connectivity index (χ0n) is 7.95. The number of carbonyl (C=O) groups is 1. The molecule has 0 atom stereocenters. The summed E-state index contributed by atoms with van der Waals surface area (Å²) in [5, 5.41) is 4.37. The van der Waals surface area contributed by atoms with Crippen LogP contribution in [0.15, 0.2) is 0 Å². The van der Waals surface area contributed by atoms with Gasteiger partial charge in [0.25, 0.3) is 0 Å². The van der Waals surface area contributed by atoms with Crippen LogP contribution in [-0.2, 0) is 19.6 Å². The average Bonchev–Trinajstić information content (AvgIpc) is 2.59. The first kappa shape index (κ1) is 8.44. The number of hydrogen-bond donors (Lipinski definition) is 0. The number of rotatable bonds is 2. The second-order valence-electron chi connectivity index (χ2n) is 3.42. The van der Waals surface area contributed by atoms with E-state index in [1.54, 1.807) is 4.68 Å². The van der Waals surface area contributed by atoms with Gasteiger partial charge in [-0.05, 0) is 14.0 Å². The monoisotopic (exact) mass is 179 g/mol. The molecule has 0 aromatic carbocycles. The highest BCUT2D eigenvalue weighted by atomic mass is 16.1. The van der Waals surface area contributed by atoms with E-state index in [-0.39, 0.29) is 0 Å². The minimum Gasteiger partial charge on any atom is -0.296 e. The lowest BCUT2D eigenvalue weighted by Crippen LogP contribution is -2.12. The maximum Gasteiger partial charge on any atom is 0.168 e. The number of carbonyl (C=O) groups excluding carboxylic acids is 1. The van der Waals surface area contributed by atoms with Crippen LogP contribution in [0.3, 0.4) is 0 Å². The fraction of sp³-hybridized carbons (Fsp3) is 0.556. The van der Waals surface area contributed by atoms with E-state index < -0.39 is 0 Å². The molecule has 0 radical (unpaired) electrons. The number of aldehydes is 1. The lowest BCUT2D eigenvalue weighted by atomic mass is 10.2. The summed E-state index contributed by atoms with van der Waals surface area (Å²) in [5.41, 5.74) is 2.92. The van der Waals surface area contributed by atoms with Crippen molar-refractivity contribution in [3.05, 3.63) is 17.0 Å². The Labute approximate surface area is 77.1 Å². The van der Waals surface area contributed by atoms with Gasteiger partial charge in [-0.1, -0.05) is 0 Å². The van der Waals surface area contributed by atoms with E-state index in [1.165, 1.54) is 0 Å². The number of nitrogens with zero attached hydrogens (tertiary/aromatic N) is 3. The quantitative estimate of drug-likeness (QED) is 0.626. The van der Waals surface area contributed by atoms with Gasteiger partial charge in [0.2, 0.25) is 0 Å². The minimum atomic E-state index is 0.752. The largest absolute Gasteiger partial charge is 0.296 e. The van der Waals surface area contributed by atoms with E-state index in [4.69, 9.17) is 0 Å². The van der Waals surface area contributed by atoms with E-state index in [9.17, 15) is 4.79 Å². The van der Waals surface area contributed by atoms with Crippen molar-refractivity contribution in [3.8, 4) is 0 Å².